The Kier molecular flexibility index (Phi) is 3.08. The molecule has 0 radical (unpaired) electrons. The number of carbonyl (C=O) groups excluding carboxylic acids is 1. The zero-order valence-corrected chi connectivity index (χ0v) is 8.37. The van der Waals surface area contributed by atoms with Gasteiger partial charge in [-0.25, -0.2) is 0 Å². The van der Waals surface area contributed by atoms with Gasteiger partial charge in [-0.15, -0.1) is 11.3 Å². The van der Waals surface area contributed by atoms with Crippen LogP contribution in [-0.4, -0.2) is 13.4 Å². The molecule has 0 amide bonds. The number of halogens is 1. The molecule has 1 aromatic rings. The van der Waals surface area contributed by atoms with Crippen LogP contribution in [0.5, 0.6) is 5.06 Å². The first-order valence-corrected chi connectivity index (χ1v) is 4.64. The van der Waals surface area contributed by atoms with Crippen molar-refractivity contribution in [2.45, 2.75) is 6.42 Å². The van der Waals surface area contributed by atoms with Crippen molar-refractivity contribution in [1.29, 1.82) is 0 Å². The van der Waals surface area contributed by atoms with Crippen LogP contribution in [0.25, 0.3) is 0 Å². The summed E-state index contributed by atoms with van der Waals surface area (Å²) >= 11 is 4.80. The van der Waals surface area contributed by atoms with E-state index in [0.29, 0.717) is 6.42 Å². The quantitative estimate of drug-likeness (QED) is 0.751. The van der Waals surface area contributed by atoms with E-state index in [-0.39, 0.29) is 0 Å². The summed E-state index contributed by atoms with van der Waals surface area (Å²) in [5, 5.41) is 0.821. The van der Waals surface area contributed by atoms with Gasteiger partial charge in [-0.1, -0.05) is 0 Å². The van der Waals surface area contributed by atoms with E-state index in [0.717, 1.165) is 20.7 Å². The fourth-order valence-corrected chi connectivity index (χ4v) is 2.36. The second kappa shape index (κ2) is 3.88. The highest BCUT2D eigenvalue weighted by atomic mass is 79.9. The number of thiophene rings is 1. The number of rotatable bonds is 3. The summed E-state index contributed by atoms with van der Waals surface area (Å²) in [6, 6.07) is 1.90. The number of carbonyl (C=O) groups is 1. The number of methoxy groups -OCH3 is 1. The third kappa shape index (κ3) is 2.04. The standard InChI is InChI=1S/C7H7BrO2S/c1-10-7-6(8)4-5(11-7)2-3-9/h3-4H,2H2,1H3. The van der Waals surface area contributed by atoms with Gasteiger partial charge in [-0.3, -0.25) is 0 Å². The van der Waals surface area contributed by atoms with E-state index in [1.165, 1.54) is 11.3 Å². The van der Waals surface area contributed by atoms with Gasteiger partial charge in [0.15, 0.2) is 5.06 Å². The molecule has 60 valence electrons. The molecule has 0 aliphatic rings. The monoisotopic (exact) mass is 234 g/mol. The fraction of sp³-hybridized carbons (Fsp3) is 0.286. The van der Waals surface area contributed by atoms with Crippen molar-refractivity contribution in [3.63, 3.8) is 0 Å². The molecule has 0 bridgehead atoms. The molecule has 11 heavy (non-hydrogen) atoms. The molecule has 0 N–H and O–H groups in total. The number of aldehydes is 1. The second-order valence-corrected chi connectivity index (χ2v) is 3.88. The minimum atomic E-state index is 0.465. The lowest BCUT2D eigenvalue weighted by Gasteiger charge is -1.91. The molecule has 0 aromatic carbocycles. The van der Waals surface area contributed by atoms with Crippen LogP contribution in [0.3, 0.4) is 0 Å². The highest BCUT2D eigenvalue weighted by Gasteiger charge is 2.05. The highest BCUT2D eigenvalue weighted by molar-refractivity contribution is 9.10. The van der Waals surface area contributed by atoms with Crippen molar-refractivity contribution in [3.05, 3.63) is 15.4 Å². The Morgan fingerprint density at radius 2 is 2.55 bits per heavy atom. The van der Waals surface area contributed by atoms with Gasteiger partial charge in [0.1, 0.15) is 6.29 Å². The average molecular weight is 235 g/mol. The van der Waals surface area contributed by atoms with Crippen LogP contribution in [0, 0.1) is 0 Å². The molecule has 1 aromatic heterocycles. The minimum absolute atomic E-state index is 0.465. The summed E-state index contributed by atoms with van der Waals surface area (Å²) in [7, 11) is 1.61. The maximum absolute atomic E-state index is 10.1. The zero-order chi connectivity index (χ0) is 8.27. The predicted octanol–water partition coefficient (Wildman–Crippen LogP) is 2.26. The van der Waals surface area contributed by atoms with Crippen molar-refractivity contribution in [1.82, 2.24) is 0 Å². The Labute approximate surface area is 77.3 Å². The van der Waals surface area contributed by atoms with Crippen molar-refractivity contribution in [2.24, 2.45) is 0 Å². The predicted molar refractivity (Wildman–Crippen MR) is 48.3 cm³/mol. The Morgan fingerprint density at radius 3 is 3.00 bits per heavy atom. The van der Waals surface area contributed by atoms with Crippen LogP contribution < -0.4 is 4.74 Å². The van der Waals surface area contributed by atoms with Gasteiger partial charge in [-0.2, -0.15) is 0 Å². The first-order valence-electron chi connectivity index (χ1n) is 3.03. The van der Waals surface area contributed by atoms with Crippen molar-refractivity contribution < 1.29 is 9.53 Å². The number of hydrogen-bond acceptors (Lipinski definition) is 3. The maximum Gasteiger partial charge on any atom is 0.188 e. The van der Waals surface area contributed by atoms with E-state index in [4.69, 9.17) is 4.74 Å². The van der Waals surface area contributed by atoms with E-state index in [1.54, 1.807) is 7.11 Å². The molecule has 0 spiro atoms. The minimum Gasteiger partial charge on any atom is -0.486 e. The lowest BCUT2D eigenvalue weighted by Crippen LogP contribution is -1.77. The van der Waals surface area contributed by atoms with Crippen LogP contribution >= 0.6 is 27.3 Å². The Balaban J connectivity index is 2.85. The molecule has 2 nitrogen and oxygen atoms in total. The van der Waals surface area contributed by atoms with Gasteiger partial charge in [0.2, 0.25) is 0 Å². The Bertz CT molecular complexity index is 257. The zero-order valence-electron chi connectivity index (χ0n) is 5.96. The molecule has 0 atom stereocenters. The van der Waals surface area contributed by atoms with E-state index in [2.05, 4.69) is 15.9 Å². The molecule has 0 aliphatic carbocycles. The smallest absolute Gasteiger partial charge is 0.188 e. The normalized spacial score (nSPS) is 9.64. The van der Waals surface area contributed by atoms with Crippen LogP contribution in [0.2, 0.25) is 0 Å². The first-order chi connectivity index (χ1) is 5.27. The molecule has 0 unspecified atom stereocenters. The molecule has 4 heteroatoms. The molecule has 1 rings (SSSR count). The fourth-order valence-electron chi connectivity index (χ4n) is 0.719. The lowest BCUT2D eigenvalue weighted by atomic mass is 10.4. The largest absolute Gasteiger partial charge is 0.486 e. The first kappa shape index (κ1) is 8.74. The molecule has 0 saturated heterocycles. The average Bonchev–Trinajstić information content (AvgIpc) is 2.32. The van der Waals surface area contributed by atoms with E-state index in [9.17, 15) is 4.79 Å². The summed E-state index contributed by atoms with van der Waals surface area (Å²) in [5.74, 6) is 0. The third-order valence-electron chi connectivity index (χ3n) is 1.18. The van der Waals surface area contributed by atoms with E-state index in [1.807, 2.05) is 6.07 Å². The topological polar surface area (TPSA) is 26.3 Å². The SMILES string of the molecule is COc1sc(CC=O)cc1Br. The molecule has 0 aliphatic heterocycles. The van der Waals surface area contributed by atoms with E-state index < -0.39 is 0 Å². The lowest BCUT2D eigenvalue weighted by molar-refractivity contribution is -0.107. The van der Waals surface area contributed by atoms with Crippen LogP contribution in [0.15, 0.2) is 10.5 Å². The van der Waals surface area contributed by atoms with Crippen molar-refractivity contribution in [3.8, 4) is 5.06 Å². The summed E-state index contributed by atoms with van der Waals surface area (Å²) in [4.78, 5) is 11.2. The van der Waals surface area contributed by atoms with Gasteiger partial charge < -0.3 is 9.53 Å². The Hall–Kier alpha value is -0.350. The van der Waals surface area contributed by atoms with Crippen molar-refractivity contribution >= 4 is 33.6 Å². The van der Waals surface area contributed by atoms with Gasteiger partial charge >= 0.3 is 0 Å². The van der Waals surface area contributed by atoms with Gasteiger partial charge in [0.25, 0.3) is 0 Å². The summed E-state index contributed by atoms with van der Waals surface area (Å²) in [5.41, 5.74) is 0. The van der Waals surface area contributed by atoms with Crippen LogP contribution in [-0.2, 0) is 11.2 Å². The van der Waals surface area contributed by atoms with E-state index >= 15 is 0 Å². The van der Waals surface area contributed by atoms with Crippen molar-refractivity contribution in [2.75, 3.05) is 7.11 Å². The summed E-state index contributed by atoms with van der Waals surface area (Å²) < 4.78 is 5.95. The molecular formula is C7H7BrO2S. The molecule has 0 fully saturated rings. The van der Waals surface area contributed by atoms with Gasteiger partial charge in [-0.05, 0) is 22.0 Å². The van der Waals surface area contributed by atoms with Crippen LogP contribution in [0.1, 0.15) is 4.88 Å². The molecular weight excluding hydrogens is 228 g/mol. The second-order valence-electron chi connectivity index (χ2n) is 1.92. The van der Waals surface area contributed by atoms with Gasteiger partial charge in [0, 0.05) is 11.3 Å². The molecule has 0 saturated carbocycles. The number of hydrogen-bond donors (Lipinski definition) is 0. The van der Waals surface area contributed by atoms with Gasteiger partial charge in [0.05, 0.1) is 11.6 Å². The van der Waals surface area contributed by atoms with Crippen LogP contribution in [0.4, 0.5) is 0 Å². The number of ether oxygens (including phenoxy) is 1. The maximum atomic E-state index is 10.1. The summed E-state index contributed by atoms with van der Waals surface area (Å²) in [6.07, 6.45) is 1.35. The highest BCUT2D eigenvalue weighted by Crippen LogP contribution is 2.34. The Morgan fingerprint density at radius 1 is 1.82 bits per heavy atom. The molecule has 1 heterocycles. The third-order valence-corrected chi connectivity index (χ3v) is 3.15. The summed E-state index contributed by atoms with van der Waals surface area (Å²) in [6.45, 7) is 0.